The van der Waals surface area contributed by atoms with Crippen molar-refractivity contribution < 1.29 is 9.53 Å². The second-order valence-corrected chi connectivity index (χ2v) is 8.38. The van der Waals surface area contributed by atoms with Gasteiger partial charge in [0.15, 0.2) is 0 Å². The number of amides is 1. The van der Waals surface area contributed by atoms with Crippen LogP contribution in [-0.4, -0.2) is 34.3 Å². The van der Waals surface area contributed by atoms with E-state index in [4.69, 9.17) is 4.74 Å². The number of piperidine rings is 1. The molecule has 5 heteroatoms. The maximum atomic E-state index is 12.2. The molecule has 0 radical (unpaired) electrons. The monoisotopic (exact) mass is 392 g/mol. The second-order valence-electron chi connectivity index (χ2n) is 7.53. The Morgan fingerprint density at radius 2 is 1.92 bits per heavy atom. The number of hydrogen-bond donors (Lipinski definition) is 0. The number of fused-ring (bicyclic) bond motifs is 1. The number of carbonyl (C=O) groups is 1. The molecule has 1 fully saturated rings. The van der Waals surface area contributed by atoms with Gasteiger partial charge in [0, 0.05) is 40.2 Å². The highest BCUT2D eigenvalue weighted by molar-refractivity contribution is 9.10. The summed E-state index contributed by atoms with van der Waals surface area (Å²) in [6, 6.07) is 9.00. The quantitative estimate of drug-likeness (QED) is 0.660. The zero-order chi connectivity index (χ0) is 17.5. The molecule has 130 valence electrons. The highest BCUT2D eigenvalue weighted by atomic mass is 79.9. The first kappa shape index (κ1) is 17.3. The number of aromatic nitrogens is 1. The van der Waals surface area contributed by atoms with Crippen LogP contribution in [-0.2, 0) is 4.74 Å². The van der Waals surface area contributed by atoms with Crippen molar-refractivity contribution in [1.29, 1.82) is 0 Å². The third-order valence-electron chi connectivity index (χ3n) is 4.50. The molecule has 0 unspecified atom stereocenters. The van der Waals surface area contributed by atoms with E-state index < -0.39 is 5.60 Å². The summed E-state index contributed by atoms with van der Waals surface area (Å²) >= 11 is 3.64. The number of carbonyl (C=O) groups excluding carboxylic acids is 1. The molecule has 24 heavy (non-hydrogen) atoms. The summed E-state index contributed by atoms with van der Waals surface area (Å²) in [5, 5.41) is 1.25. The van der Waals surface area contributed by atoms with Crippen LogP contribution >= 0.6 is 15.9 Å². The molecule has 1 aromatic carbocycles. The normalized spacial score (nSPS) is 16.6. The minimum Gasteiger partial charge on any atom is -0.444 e. The van der Waals surface area contributed by atoms with Gasteiger partial charge in [0.1, 0.15) is 5.60 Å². The van der Waals surface area contributed by atoms with Gasteiger partial charge in [0.05, 0.1) is 0 Å². The molecular weight excluding hydrogens is 368 g/mol. The van der Waals surface area contributed by atoms with Crippen LogP contribution in [0.15, 0.2) is 28.7 Å². The molecule has 1 aliphatic heterocycles. The van der Waals surface area contributed by atoms with Crippen LogP contribution in [0.1, 0.15) is 45.3 Å². The van der Waals surface area contributed by atoms with Crippen molar-refractivity contribution >= 4 is 32.9 Å². The second kappa shape index (κ2) is 6.43. The summed E-state index contributed by atoms with van der Waals surface area (Å²) in [5.74, 6) is 0. The Morgan fingerprint density at radius 1 is 1.25 bits per heavy atom. The molecule has 0 bridgehead atoms. The minimum absolute atomic E-state index is 0.196. The minimum atomic E-state index is -0.437. The molecule has 2 heterocycles. The van der Waals surface area contributed by atoms with Crippen LogP contribution in [0.25, 0.3) is 10.9 Å². The predicted octanol–water partition coefficient (Wildman–Crippen LogP) is 5.28. The van der Waals surface area contributed by atoms with Crippen molar-refractivity contribution in [3.8, 4) is 0 Å². The highest BCUT2D eigenvalue weighted by Crippen LogP contribution is 2.33. The first-order valence-electron chi connectivity index (χ1n) is 8.50. The third-order valence-corrected chi connectivity index (χ3v) is 5.20. The summed E-state index contributed by atoms with van der Waals surface area (Å²) in [4.78, 5) is 14.1. The molecule has 1 saturated heterocycles. The first-order valence-corrected chi connectivity index (χ1v) is 9.29. The molecule has 0 N–H and O–H groups in total. The van der Waals surface area contributed by atoms with Gasteiger partial charge in [-0.3, -0.25) is 0 Å². The van der Waals surface area contributed by atoms with Crippen molar-refractivity contribution in [2.24, 2.45) is 0 Å². The lowest BCUT2D eigenvalue weighted by molar-refractivity contribution is 0.0189. The molecule has 1 amide bonds. The summed E-state index contributed by atoms with van der Waals surface area (Å²) in [6.07, 6.45) is 1.71. The fourth-order valence-corrected chi connectivity index (χ4v) is 3.94. The summed E-state index contributed by atoms with van der Waals surface area (Å²) in [6.45, 7) is 9.37. The Morgan fingerprint density at radius 3 is 2.54 bits per heavy atom. The molecule has 0 spiro atoms. The van der Waals surface area contributed by atoms with Gasteiger partial charge in [-0.1, -0.05) is 22.0 Å². The molecule has 0 aliphatic carbocycles. The van der Waals surface area contributed by atoms with Gasteiger partial charge in [0.2, 0.25) is 0 Å². The van der Waals surface area contributed by atoms with Crippen molar-refractivity contribution in [2.45, 2.75) is 52.2 Å². The van der Waals surface area contributed by atoms with Crippen LogP contribution in [0.2, 0.25) is 0 Å². The van der Waals surface area contributed by atoms with Crippen molar-refractivity contribution in [3.63, 3.8) is 0 Å². The number of nitrogens with zero attached hydrogens (tertiary/aromatic N) is 2. The number of benzene rings is 1. The van der Waals surface area contributed by atoms with E-state index in [1.165, 1.54) is 16.6 Å². The Balaban J connectivity index is 1.75. The average Bonchev–Trinajstić information content (AvgIpc) is 2.83. The number of likely N-dealkylation sites (tertiary alicyclic amines) is 1. The summed E-state index contributed by atoms with van der Waals surface area (Å²) in [7, 11) is 0. The zero-order valence-corrected chi connectivity index (χ0v) is 16.4. The third kappa shape index (κ3) is 3.46. The van der Waals surface area contributed by atoms with Crippen LogP contribution in [0.5, 0.6) is 0 Å². The number of rotatable bonds is 1. The molecule has 4 nitrogen and oxygen atoms in total. The Labute approximate surface area is 151 Å². The van der Waals surface area contributed by atoms with Crippen LogP contribution in [0.4, 0.5) is 4.79 Å². The maximum Gasteiger partial charge on any atom is 0.410 e. The van der Waals surface area contributed by atoms with Crippen molar-refractivity contribution in [3.05, 3.63) is 34.4 Å². The Bertz CT molecular complexity index is 753. The fraction of sp³-hybridized carbons (Fsp3) is 0.526. The molecule has 1 aliphatic rings. The number of halogens is 1. The van der Waals surface area contributed by atoms with Gasteiger partial charge in [-0.2, -0.15) is 0 Å². The van der Waals surface area contributed by atoms with Gasteiger partial charge in [-0.25, -0.2) is 4.79 Å². The molecule has 0 saturated carbocycles. The standard InChI is InChI=1S/C19H25BrN2O2/c1-13-12-15-16(20)6-5-7-17(15)22(13)14-8-10-21(11-9-14)18(23)24-19(2,3)4/h5-7,12,14H,8-11H2,1-4H3. The Hall–Kier alpha value is -1.49. The van der Waals surface area contributed by atoms with Gasteiger partial charge in [-0.15, -0.1) is 0 Å². The smallest absolute Gasteiger partial charge is 0.410 e. The van der Waals surface area contributed by atoms with E-state index in [2.05, 4.69) is 51.7 Å². The number of ether oxygens (including phenoxy) is 1. The lowest BCUT2D eigenvalue weighted by atomic mass is 10.0. The highest BCUT2D eigenvalue weighted by Gasteiger charge is 2.28. The van der Waals surface area contributed by atoms with E-state index in [1.807, 2.05) is 25.7 Å². The maximum absolute atomic E-state index is 12.2. The SMILES string of the molecule is Cc1cc2c(Br)cccc2n1C1CCN(C(=O)OC(C)(C)C)CC1. The number of aryl methyl sites for hydroxylation is 1. The van der Waals surface area contributed by atoms with Crippen LogP contribution in [0, 0.1) is 6.92 Å². The average molecular weight is 393 g/mol. The first-order chi connectivity index (χ1) is 11.3. The predicted molar refractivity (Wildman–Crippen MR) is 100 cm³/mol. The molecular formula is C19H25BrN2O2. The molecule has 0 atom stereocenters. The summed E-state index contributed by atoms with van der Waals surface area (Å²) in [5.41, 5.74) is 2.10. The van der Waals surface area contributed by atoms with Crippen molar-refractivity contribution in [1.82, 2.24) is 9.47 Å². The lowest BCUT2D eigenvalue weighted by Gasteiger charge is -2.34. The molecule has 2 aromatic rings. The van der Waals surface area contributed by atoms with Gasteiger partial charge < -0.3 is 14.2 Å². The van der Waals surface area contributed by atoms with E-state index in [1.54, 1.807) is 0 Å². The van der Waals surface area contributed by atoms with E-state index in [0.717, 1.165) is 30.4 Å². The van der Waals surface area contributed by atoms with Gasteiger partial charge >= 0.3 is 6.09 Å². The largest absolute Gasteiger partial charge is 0.444 e. The molecule has 3 rings (SSSR count). The zero-order valence-electron chi connectivity index (χ0n) is 14.8. The topological polar surface area (TPSA) is 34.5 Å². The fourth-order valence-electron chi connectivity index (χ4n) is 3.46. The van der Waals surface area contributed by atoms with E-state index in [9.17, 15) is 4.79 Å². The van der Waals surface area contributed by atoms with Gasteiger partial charge in [0.25, 0.3) is 0 Å². The summed E-state index contributed by atoms with van der Waals surface area (Å²) < 4.78 is 9.04. The van der Waals surface area contributed by atoms with E-state index >= 15 is 0 Å². The molecule has 1 aromatic heterocycles. The Kier molecular flexibility index (Phi) is 4.65. The van der Waals surface area contributed by atoms with Gasteiger partial charge in [-0.05, 0) is 58.7 Å². The lowest BCUT2D eigenvalue weighted by Crippen LogP contribution is -2.42. The van der Waals surface area contributed by atoms with Crippen LogP contribution < -0.4 is 0 Å². The van der Waals surface area contributed by atoms with Crippen LogP contribution in [0.3, 0.4) is 0 Å². The van der Waals surface area contributed by atoms with E-state index in [0.29, 0.717) is 6.04 Å². The van der Waals surface area contributed by atoms with Crippen molar-refractivity contribution in [2.75, 3.05) is 13.1 Å². The van der Waals surface area contributed by atoms with E-state index in [-0.39, 0.29) is 6.09 Å². The number of hydrogen-bond acceptors (Lipinski definition) is 2.